The second-order valence-electron chi connectivity index (χ2n) is 8.18. The molecule has 2 amide bonds. The molecule has 2 aromatic heterocycles. The number of aryl methyl sites for hydroxylation is 2. The zero-order chi connectivity index (χ0) is 23.2. The molecule has 172 valence electrons. The standard InChI is InChI=1S/C25H28N4O3S/c1-17-22(18(2)32-28-17)16-33-24-21(7-6-12-26-24)23(30)27-15-19-8-10-20(11-9-19)25(31)29-13-4-3-5-14-29/h6-12H,3-5,13-16H2,1-2H3,(H,27,30). The summed E-state index contributed by atoms with van der Waals surface area (Å²) in [5, 5.41) is 7.61. The highest BCUT2D eigenvalue weighted by atomic mass is 32.2. The number of nitrogens with one attached hydrogen (secondary N) is 1. The number of aromatic nitrogens is 2. The number of piperidine rings is 1. The number of carbonyl (C=O) groups is 2. The van der Waals surface area contributed by atoms with Crippen LogP contribution >= 0.6 is 11.8 Å². The van der Waals surface area contributed by atoms with Gasteiger partial charge in [0.25, 0.3) is 11.8 Å². The number of hydrogen-bond donors (Lipinski definition) is 1. The van der Waals surface area contributed by atoms with Crippen LogP contribution in [0.15, 0.2) is 52.1 Å². The number of thioether (sulfide) groups is 1. The molecule has 7 nitrogen and oxygen atoms in total. The van der Waals surface area contributed by atoms with Crippen LogP contribution in [-0.4, -0.2) is 39.9 Å². The third-order valence-corrected chi connectivity index (χ3v) is 6.88. The van der Waals surface area contributed by atoms with E-state index in [4.69, 9.17) is 4.52 Å². The fourth-order valence-electron chi connectivity index (χ4n) is 3.85. The average Bonchev–Trinajstić information content (AvgIpc) is 3.18. The summed E-state index contributed by atoms with van der Waals surface area (Å²) >= 11 is 1.49. The Labute approximate surface area is 197 Å². The Morgan fingerprint density at radius 2 is 1.85 bits per heavy atom. The van der Waals surface area contributed by atoms with E-state index in [9.17, 15) is 9.59 Å². The number of carbonyl (C=O) groups excluding carboxylic acids is 2. The molecule has 0 aliphatic carbocycles. The largest absolute Gasteiger partial charge is 0.361 e. The summed E-state index contributed by atoms with van der Waals surface area (Å²) < 4.78 is 5.22. The molecule has 1 aliphatic rings. The van der Waals surface area contributed by atoms with Crippen molar-refractivity contribution in [3.8, 4) is 0 Å². The highest BCUT2D eigenvalue weighted by molar-refractivity contribution is 7.98. The Bertz CT molecular complexity index is 1100. The van der Waals surface area contributed by atoms with Gasteiger partial charge in [-0.05, 0) is 62.9 Å². The van der Waals surface area contributed by atoms with Crippen LogP contribution < -0.4 is 5.32 Å². The summed E-state index contributed by atoms with van der Waals surface area (Å²) in [6.45, 7) is 5.83. The van der Waals surface area contributed by atoms with E-state index in [1.165, 1.54) is 18.2 Å². The van der Waals surface area contributed by atoms with Crippen molar-refractivity contribution in [3.05, 3.63) is 76.3 Å². The second kappa shape index (κ2) is 10.7. The van der Waals surface area contributed by atoms with Gasteiger partial charge in [0.2, 0.25) is 0 Å². The molecule has 1 saturated heterocycles. The highest BCUT2D eigenvalue weighted by Gasteiger charge is 2.18. The van der Waals surface area contributed by atoms with Crippen LogP contribution in [0.5, 0.6) is 0 Å². The number of benzene rings is 1. The first-order valence-electron chi connectivity index (χ1n) is 11.2. The number of rotatable bonds is 7. The summed E-state index contributed by atoms with van der Waals surface area (Å²) in [7, 11) is 0. The minimum absolute atomic E-state index is 0.0839. The van der Waals surface area contributed by atoms with Crippen LogP contribution in [0.1, 0.15) is 62.6 Å². The van der Waals surface area contributed by atoms with Crippen molar-refractivity contribution in [2.24, 2.45) is 0 Å². The molecule has 0 radical (unpaired) electrons. The Morgan fingerprint density at radius 3 is 2.55 bits per heavy atom. The molecule has 4 rings (SSSR count). The Kier molecular flexibility index (Phi) is 7.44. The van der Waals surface area contributed by atoms with Gasteiger partial charge in [0.15, 0.2) is 0 Å². The van der Waals surface area contributed by atoms with Crippen LogP contribution in [0.4, 0.5) is 0 Å². The van der Waals surface area contributed by atoms with Gasteiger partial charge in [0, 0.05) is 42.7 Å². The van der Waals surface area contributed by atoms with Crippen LogP contribution in [-0.2, 0) is 12.3 Å². The summed E-state index contributed by atoms with van der Waals surface area (Å²) in [4.78, 5) is 31.8. The molecular formula is C25H28N4O3S. The fourth-order valence-corrected chi connectivity index (χ4v) is 4.99. The maximum absolute atomic E-state index is 12.9. The van der Waals surface area contributed by atoms with E-state index in [1.54, 1.807) is 18.3 Å². The van der Waals surface area contributed by atoms with E-state index in [2.05, 4.69) is 15.5 Å². The molecule has 0 atom stereocenters. The Morgan fingerprint density at radius 1 is 1.09 bits per heavy atom. The van der Waals surface area contributed by atoms with Gasteiger partial charge in [-0.1, -0.05) is 17.3 Å². The maximum atomic E-state index is 12.9. The van der Waals surface area contributed by atoms with Crippen LogP contribution in [0.2, 0.25) is 0 Å². The molecule has 1 N–H and O–H groups in total. The van der Waals surface area contributed by atoms with E-state index in [-0.39, 0.29) is 11.8 Å². The van der Waals surface area contributed by atoms with E-state index in [1.807, 2.05) is 43.0 Å². The van der Waals surface area contributed by atoms with Gasteiger partial charge < -0.3 is 14.7 Å². The van der Waals surface area contributed by atoms with Crippen molar-refractivity contribution >= 4 is 23.6 Å². The lowest BCUT2D eigenvalue weighted by Crippen LogP contribution is -2.35. The highest BCUT2D eigenvalue weighted by Crippen LogP contribution is 2.27. The van der Waals surface area contributed by atoms with E-state index >= 15 is 0 Å². The van der Waals surface area contributed by atoms with Gasteiger partial charge >= 0.3 is 0 Å². The molecule has 3 heterocycles. The minimum atomic E-state index is -0.183. The Balaban J connectivity index is 1.35. The molecule has 0 bridgehead atoms. The first-order chi connectivity index (χ1) is 16.0. The van der Waals surface area contributed by atoms with E-state index < -0.39 is 0 Å². The molecule has 1 fully saturated rings. The monoisotopic (exact) mass is 464 g/mol. The topological polar surface area (TPSA) is 88.3 Å². The number of amides is 2. The lowest BCUT2D eigenvalue weighted by molar-refractivity contribution is 0.0724. The SMILES string of the molecule is Cc1noc(C)c1CSc1ncccc1C(=O)NCc1ccc(C(=O)N2CCCCC2)cc1. The quantitative estimate of drug-likeness (QED) is 0.517. The summed E-state index contributed by atoms with van der Waals surface area (Å²) in [5.41, 5.74) is 4.04. The molecular weight excluding hydrogens is 436 g/mol. The molecule has 8 heteroatoms. The zero-order valence-corrected chi connectivity index (χ0v) is 19.8. The first kappa shape index (κ1) is 23.0. The normalized spacial score (nSPS) is 13.7. The molecule has 3 aromatic rings. The van der Waals surface area contributed by atoms with Crippen LogP contribution in [0, 0.1) is 13.8 Å². The fraction of sp³-hybridized carbons (Fsp3) is 0.360. The van der Waals surface area contributed by atoms with Crippen molar-refractivity contribution in [2.75, 3.05) is 13.1 Å². The summed E-state index contributed by atoms with van der Waals surface area (Å²) in [6, 6.07) is 11.0. The molecule has 1 aromatic carbocycles. The number of likely N-dealkylation sites (tertiary alicyclic amines) is 1. The van der Waals surface area contributed by atoms with Gasteiger partial charge in [-0.15, -0.1) is 11.8 Å². The third-order valence-electron chi connectivity index (χ3n) is 5.85. The maximum Gasteiger partial charge on any atom is 0.254 e. The summed E-state index contributed by atoms with van der Waals surface area (Å²) in [6.07, 6.45) is 5.02. The molecule has 0 unspecified atom stereocenters. The first-order valence-corrected chi connectivity index (χ1v) is 12.2. The Hall–Kier alpha value is -3.13. The smallest absolute Gasteiger partial charge is 0.254 e. The van der Waals surface area contributed by atoms with Gasteiger partial charge in [0.1, 0.15) is 10.8 Å². The van der Waals surface area contributed by atoms with Crippen molar-refractivity contribution in [1.82, 2.24) is 20.4 Å². The zero-order valence-electron chi connectivity index (χ0n) is 19.0. The molecule has 0 saturated carbocycles. The van der Waals surface area contributed by atoms with E-state index in [0.717, 1.165) is 48.5 Å². The third kappa shape index (κ3) is 5.63. The van der Waals surface area contributed by atoms with Gasteiger partial charge in [-0.3, -0.25) is 9.59 Å². The molecule has 33 heavy (non-hydrogen) atoms. The van der Waals surface area contributed by atoms with Gasteiger partial charge in [-0.2, -0.15) is 0 Å². The average molecular weight is 465 g/mol. The van der Waals surface area contributed by atoms with Crippen LogP contribution in [0.3, 0.4) is 0 Å². The predicted molar refractivity (Wildman–Crippen MR) is 127 cm³/mol. The van der Waals surface area contributed by atoms with Gasteiger partial charge in [-0.25, -0.2) is 4.98 Å². The number of pyridine rings is 1. The van der Waals surface area contributed by atoms with E-state index in [0.29, 0.717) is 28.5 Å². The van der Waals surface area contributed by atoms with Crippen LogP contribution in [0.25, 0.3) is 0 Å². The predicted octanol–water partition coefficient (Wildman–Crippen LogP) is 4.53. The number of nitrogens with zero attached hydrogens (tertiary/aromatic N) is 3. The number of hydrogen-bond acceptors (Lipinski definition) is 6. The minimum Gasteiger partial charge on any atom is -0.361 e. The molecule has 0 spiro atoms. The van der Waals surface area contributed by atoms with Crippen molar-refractivity contribution in [1.29, 1.82) is 0 Å². The van der Waals surface area contributed by atoms with Crippen molar-refractivity contribution in [3.63, 3.8) is 0 Å². The van der Waals surface area contributed by atoms with Crippen molar-refractivity contribution < 1.29 is 14.1 Å². The van der Waals surface area contributed by atoms with Crippen molar-refractivity contribution in [2.45, 2.75) is 50.4 Å². The molecule has 1 aliphatic heterocycles. The lowest BCUT2D eigenvalue weighted by atomic mass is 10.1. The second-order valence-corrected chi connectivity index (χ2v) is 9.14. The van der Waals surface area contributed by atoms with Gasteiger partial charge in [0.05, 0.1) is 11.3 Å². The lowest BCUT2D eigenvalue weighted by Gasteiger charge is -2.26. The summed E-state index contributed by atoms with van der Waals surface area (Å²) in [5.74, 6) is 1.31.